The highest BCUT2D eigenvalue weighted by Gasteiger charge is 2.24. The zero-order valence-electron chi connectivity index (χ0n) is 14.0. The van der Waals surface area contributed by atoms with E-state index in [4.69, 9.17) is 11.6 Å². The van der Waals surface area contributed by atoms with E-state index in [2.05, 4.69) is 20.8 Å². The smallest absolute Gasteiger partial charge is 0.282 e. The van der Waals surface area contributed by atoms with Crippen molar-refractivity contribution in [3.05, 3.63) is 68.7 Å². The van der Waals surface area contributed by atoms with E-state index in [9.17, 15) is 14.9 Å². The predicted octanol–water partition coefficient (Wildman–Crippen LogP) is 4.82. The molecule has 126 valence electrons. The predicted molar refractivity (Wildman–Crippen MR) is 96.0 cm³/mol. The number of nitrogens with zero attached hydrogens (tertiary/aromatic N) is 2. The third kappa shape index (κ3) is 3.74. The molecule has 0 aliphatic heterocycles. The van der Waals surface area contributed by atoms with E-state index in [1.165, 1.54) is 23.1 Å². The number of nitro groups is 1. The molecule has 0 fully saturated rings. The zero-order valence-corrected chi connectivity index (χ0v) is 14.8. The van der Waals surface area contributed by atoms with Crippen LogP contribution in [0.5, 0.6) is 0 Å². The van der Waals surface area contributed by atoms with E-state index in [1.54, 1.807) is 7.05 Å². The standard InChI is InChI=1S/C18H19ClN2O3/c1-18(2,3)12-5-8-14(9-6-12)20(4)17(22)15-11-13(19)7-10-16(15)21(23)24/h5-11H,1-4H3. The van der Waals surface area contributed by atoms with Crippen molar-refractivity contribution < 1.29 is 9.72 Å². The first-order valence-electron chi connectivity index (χ1n) is 7.44. The number of nitro benzene ring substituents is 1. The minimum absolute atomic E-state index is 0.00680. The average molecular weight is 347 g/mol. The van der Waals surface area contributed by atoms with Gasteiger partial charge in [0.05, 0.1) is 4.92 Å². The Balaban J connectivity index is 2.37. The summed E-state index contributed by atoms with van der Waals surface area (Å²) in [6, 6.07) is 11.5. The third-order valence-electron chi connectivity index (χ3n) is 3.81. The van der Waals surface area contributed by atoms with Gasteiger partial charge < -0.3 is 4.90 Å². The molecule has 6 heteroatoms. The van der Waals surface area contributed by atoms with E-state index >= 15 is 0 Å². The van der Waals surface area contributed by atoms with Gasteiger partial charge in [0.1, 0.15) is 5.56 Å². The summed E-state index contributed by atoms with van der Waals surface area (Å²) in [6.07, 6.45) is 0. The molecule has 0 saturated heterocycles. The number of halogens is 1. The molecule has 0 spiro atoms. The second-order valence-corrected chi connectivity index (χ2v) is 7.02. The van der Waals surface area contributed by atoms with Crippen LogP contribution in [0.2, 0.25) is 5.02 Å². The maximum atomic E-state index is 12.7. The lowest BCUT2D eigenvalue weighted by atomic mass is 9.87. The van der Waals surface area contributed by atoms with Gasteiger partial charge in [0.25, 0.3) is 11.6 Å². The van der Waals surface area contributed by atoms with Gasteiger partial charge in [-0.25, -0.2) is 0 Å². The molecular weight excluding hydrogens is 328 g/mol. The molecule has 24 heavy (non-hydrogen) atoms. The van der Waals surface area contributed by atoms with Gasteiger partial charge in [-0.15, -0.1) is 0 Å². The summed E-state index contributed by atoms with van der Waals surface area (Å²) in [5.41, 5.74) is 1.51. The Morgan fingerprint density at radius 3 is 2.21 bits per heavy atom. The Hall–Kier alpha value is -2.40. The maximum Gasteiger partial charge on any atom is 0.282 e. The quantitative estimate of drug-likeness (QED) is 0.591. The van der Waals surface area contributed by atoms with Crippen LogP contribution in [0.4, 0.5) is 11.4 Å². The van der Waals surface area contributed by atoms with Crippen LogP contribution in [0.3, 0.4) is 0 Å². The molecule has 2 rings (SSSR count). The topological polar surface area (TPSA) is 63.5 Å². The minimum atomic E-state index is -0.583. The average Bonchev–Trinajstić information content (AvgIpc) is 2.52. The Morgan fingerprint density at radius 2 is 1.71 bits per heavy atom. The number of amides is 1. The molecule has 2 aromatic rings. The van der Waals surface area contributed by atoms with Crippen LogP contribution < -0.4 is 4.90 Å². The van der Waals surface area contributed by atoms with Crippen LogP contribution >= 0.6 is 11.6 Å². The fourth-order valence-corrected chi connectivity index (χ4v) is 2.49. The SMILES string of the molecule is CN(C(=O)c1cc(Cl)ccc1[N+](=O)[O-])c1ccc(C(C)(C)C)cc1. The lowest BCUT2D eigenvalue weighted by molar-refractivity contribution is -0.385. The van der Waals surface area contributed by atoms with Gasteiger partial charge in [-0.05, 0) is 35.2 Å². The van der Waals surface area contributed by atoms with Gasteiger partial charge in [-0.1, -0.05) is 44.5 Å². The molecule has 0 heterocycles. The number of benzene rings is 2. The van der Waals surface area contributed by atoms with Gasteiger partial charge >= 0.3 is 0 Å². The molecule has 0 saturated carbocycles. The summed E-state index contributed by atoms with van der Waals surface area (Å²) in [6.45, 7) is 6.31. The molecule has 2 aromatic carbocycles. The first kappa shape index (κ1) is 17.9. The second-order valence-electron chi connectivity index (χ2n) is 6.58. The maximum absolute atomic E-state index is 12.7. The highest BCUT2D eigenvalue weighted by molar-refractivity contribution is 6.31. The summed E-state index contributed by atoms with van der Waals surface area (Å²) < 4.78 is 0. The first-order chi connectivity index (χ1) is 11.1. The highest BCUT2D eigenvalue weighted by Crippen LogP contribution is 2.28. The number of hydrogen-bond donors (Lipinski definition) is 0. The van der Waals surface area contributed by atoms with E-state index in [-0.39, 0.29) is 21.7 Å². The fraction of sp³-hybridized carbons (Fsp3) is 0.278. The normalized spacial score (nSPS) is 11.2. The van der Waals surface area contributed by atoms with Crippen LogP contribution in [-0.2, 0) is 5.41 Å². The van der Waals surface area contributed by atoms with Gasteiger partial charge in [-0.2, -0.15) is 0 Å². The van der Waals surface area contributed by atoms with Gasteiger partial charge in [0, 0.05) is 23.8 Å². The second kappa shape index (κ2) is 6.61. The summed E-state index contributed by atoms with van der Waals surface area (Å²) in [4.78, 5) is 24.6. The number of carbonyl (C=O) groups is 1. The molecule has 0 aliphatic carbocycles. The van der Waals surface area contributed by atoms with Crippen LogP contribution in [-0.4, -0.2) is 17.9 Å². The van der Waals surface area contributed by atoms with Crippen LogP contribution in [0.1, 0.15) is 36.7 Å². The van der Waals surface area contributed by atoms with Crippen molar-refractivity contribution >= 4 is 28.9 Å². The van der Waals surface area contributed by atoms with Gasteiger partial charge in [-0.3, -0.25) is 14.9 Å². The van der Waals surface area contributed by atoms with Crippen molar-refractivity contribution in [3.8, 4) is 0 Å². The summed E-state index contributed by atoms with van der Waals surface area (Å²) in [5.74, 6) is -0.479. The van der Waals surface area contributed by atoms with Crippen molar-refractivity contribution in [3.63, 3.8) is 0 Å². The van der Waals surface area contributed by atoms with Crippen molar-refractivity contribution in [2.24, 2.45) is 0 Å². The Morgan fingerprint density at radius 1 is 1.12 bits per heavy atom. The van der Waals surface area contributed by atoms with E-state index in [0.29, 0.717) is 5.69 Å². The molecule has 0 aliphatic rings. The number of rotatable bonds is 3. The van der Waals surface area contributed by atoms with Crippen molar-refractivity contribution in [1.29, 1.82) is 0 Å². The Labute approximate surface area is 146 Å². The lowest BCUT2D eigenvalue weighted by Crippen LogP contribution is -2.27. The lowest BCUT2D eigenvalue weighted by Gasteiger charge is -2.22. The van der Waals surface area contributed by atoms with E-state index < -0.39 is 10.8 Å². The molecule has 0 bridgehead atoms. The molecule has 0 aromatic heterocycles. The molecule has 5 nitrogen and oxygen atoms in total. The minimum Gasteiger partial charge on any atom is -0.311 e. The number of hydrogen-bond acceptors (Lipinski definition) is 3. The molecule has 0 unspecified atom stereocenters. The Bertz CT molecular complexity index is 780. The van der Waals surface area contributed by atoms with Crippen molar-refractivity contribution in [2.75, 3.05) is 11.9 Å². The molecule has 0 N–H and O–H groups in total. The largest absolute Gasteiger partial charge is 0.311 e. The molecular formula is C18H19ClN2O3. The fourth-order valence-electron chi connectivity index (χ4n) is 2.32. The van der Waals surface area contributed by atoms with Crippen molar-refractivity contribution in [2.45, 2.75) is 26.2 Å². The van der Waals surface area contributed by atoms with Gasteiger partial charge in [0.15, 0.2) is 0 Å². The van der Waals surface area contributed by atoms with Crippen molar-refractivity contribution in [1.82, 2.24) is 0 Å². The van der Waals surface area contributed by atoms with Crippen LogP contribution in [0.25, 0.3) is 0 Å². The Kier molecular flexibility index (Phi) is 4.94. The van der Waals surface area contributed by atoms with Crippen LogP contribution in [0.15, 0.2) is 42.5 Å². The molecule has 0 radical (unpaired) electrons. The molecule has 1 amide bonds. The summed E-state index contributed by atoms with van der Waals surface area (Å²) in [5, 5.41) is 11.4. The summed E-state index contributed by atoms with van der Waals surface area (Å²) in [7, 11) is 1.58. The third-order valence-corrected chi connectivity index (χ3v) is 4.05. The van der Waals surface area contributed by atoms with E-state index in [0.717, 1.165) is 5.56 Å². The number of carbonyl (C=O) groups excluding carboxylic acids is 1. The summed E-state index contributed by atoms with van der Waals surface area (Å²) >= 11 is 5.89. The molecule has 0 atom stereocenters. The monoisotopic (exact) mass is 346 g/mol. The van der Waals surface area contributed by atoms with E-state index in [1.807, 2.05) is 24.3 Å². The zero-order chi connectivity index (χ0) is 18.1. The number of anilines is 1. The first-order valence-corrected chi connectivity index (χ1v) is 7.81. The van der Waals surface area contributed by atoms with Crippen LogP contribution in [0, 0.1) is 10.1 Å². The van der Waals surface area contributed by atoms with Gasteiger partial charge in [0.2, 0.25) is 0 Å². The highest BCUT2D eigenvalue weighted by atomic mass is 35.5.